The van der Waals surface area contributed by atoms with Crippen molar-refractivity contribution in [2.45, 2.75) is 44.4 Å². The summed E-state index contributed by atoms with van der Waals surface area (Å²) in [5.41, 5.74) is 2.08. The molecular formula is C25H32N4O4S. The van der Waals surface area contributed by atoms with E-state index >= 15 is 0 Å². The van der Waals surface area contributed by atoms with Crippen LogP contribution in [0.3, 0.4) is 0 Å². The highest BCUT2D eigenvalue weighted by Crippen LogP contribution is 2.31. The minimum atomic E-state index is -3.63. The molecule has 0 spiro atoms. The normalized spacial score (nSPS) is 14.3. The topological polar surface area (TPSA) is 103 Å². The highest BCUT2D eigenvalue weighted by molar-refractivity contribution is 7.89. The van der Waals surface area contributed by atoms with Crippen LogP contribution >= 0.6 is 0 Å². The van der Waals surface area contributed by atoms with Gasteiger partial charge in [0.2, 0.25) is 10.0 Å². The van der Waals surface area contributed by atoms with Crippen molar-refractivity contribution in [3.63, 3.8) is 0 Å². The first-order valence-corrected chi connectivity index (χ1v) is 13.1. The van der Waals surface area contributed by atoms with E-state index in [1.165, 1.54) is 4.31 Å². The monoisotopic (exact) mass is 484 g/mol. The molecular weight excluding hydrogens is 452 g/mol. The van der Waals surface area contributed by atoms with Gasteiger partial charge in [0, 0.05) is 26.2 Å². The predicted octanol–water partition coefficient (Wildman–Crippen LogP) is 3.79. The molecule has 0 saturated carbocycles. The molecule has 0 atom stereocenters. The Bertz CT molecular complexity index is 1120. The SMILES string of the molecule is CCN(CC)c1ccc(S(=O)(=O)N2CCCCC2)cc1NC(=O)COc1ccc(CC#N)cc1. The van der Waals surface area contributed by atoms with E-state index in [9.17, 15) is 13.2 Å². The van der Waals surface area contributed by atoms with Crippen LogP contribution in [0, 0.1) is 11.3 Å². The zero-order valence-electron chi connectivity index (χ0n) is 19.8. The van der Waals surface area contributed by atoms with Gasteiger partial charge in [0.25, 0.3) is 5.91 Å². The summed E-state index contributed by atoms with van der Waals surface area (Å²) in [5.74, 6) is 0.129. The number of nitrogens with zero attached hydrogens (tertiary/aromatic N) is 3. The Labute approximate surface area is 202 Å². The van der Waals surface area contributed by atoms with Crippen LogP contribution in [0.1, 0.15) is 38.7 Å². The molecule has 9 heteroatoms. The van der Waals surface area contributed by atoms with E-state index < -0.39 is 10.0 Å². The van der Waals surface area contributed by atoms with E-state index in [2.05, 4.69) is 16.3 Å². The second kappa shape index (κ2) is 11.9. The molecule has 0 aliphatic carbocycles. The summed E-state index contributed by atoms with van der Waals surface area (Å²) < 4.78 is 33.5. The lowest BCUT2D eigenvalue weighted by Gasteiger charge is -2.28. The number of carbonyl (C=O) groups is 1. The molecule has 1 saturated heterocycles. The van der Waals surface area contributed by atoms with Crippen LogP contribution in [0.15, 0.2) is 47.4 Å². The summed E-state index contributed by atoms with van der Waals surface area (Å²) in [7, 11) is -3.63. The molecule has 182 valence electrons. The molecule has 1 amide bonds. The third kappa shape index (κ3) is 6.27. The van der Waals surface area contributed by atoms with Crippen LogP contribution in [-0.2, 0) is 21.2 Å². The number of amides is 1. The Morgan fingerprint density at radius 1 is 1.09 bits per heavy atom. The fourth-order valence-corrected chi connectivity index (χ4v) is 5.54. The Hall–Kier alpha value is -3.09. The van der Waals surface area contributed by atoms with Crippen LogP contribution in [0.2, 0.25) is 0 Å². The first-order chi connectivity index (χ1) is 16.4. The molecule has 0 bridgehead atoms. The van der Waals surface area contributed by atoms with Gasteiger partial charge >= 0.3 is 0 Å². The Morgan fingerprint density at radius 3 is 2.38 bits per heavy atom. The fourth-order valence-electron chi connectivity index (χ4n) is 4.00. The minimum Gasteiger partial charge on any atom is -0.484 e. The smallest absolute Gasteiger partial charge is 0.262 e. The maximum atomic E-state index is 13.2. The number of nitrogens with one attached hydrogen (secondary N) is 1. The van der Waals surface area contributed by atoms with E-state index in [0.717, 1.165) is 30.5 Å². The average Bonchev–Trinajstić information content (AvgIpc) is 2.86. The summed E-state index contributed by atoms with van der Waals surface area (Å²) in [5, 5.41) is 11.6. The van der Waals surface area contributed by atoms with Gasteiger partial charge in [-0.3, -0.25) is 4.79 Å². The number of hydrogen-bond donors (Lipinski definition) is 1. The number of anilines is 2. The highest BCUT2D eigenvalue weighted by Gasteiger charge is 2.27. The Kier molecular flexibility index (Phi) is 8.91. The third-order valence-electron chi connectivity index (χ3n) is 5.88. The summed E-state index contributed by atoms with van der Waals surface area (Å²) >= 11 is 0. The van der Waals surface area contributed by atoms with Crippen molar-refractivity contribution in [3.8, 4) is 11.8 Å². The number of benzene rings is 2. The fraction of sp³-hybridized carbons (Fsp3) is 0.440. The summed E-state index contributed by atoms with van der Waals surface area (Å²) in [4.78, 5) is 14.9. The standard InChI is InChI=1S/C25H32N4O4S/c1-3-28(4-2)24-13-12-22(34(31,32)29-16-6-5-7-17-29)18-23(24)27-25(30)19-33-21-10-8-20(9-11-21)14-15-26/h8-13,18H,3-7,14,16-17,19H2,1-2H3,(H,27,30). The number of piperidine rings is 1. The Morgan fingerprint density at radius 2 is 1.76 bits per heavy atom. The van der Waals surface area contributed by atoms with E-state index in [-0.39, 0.29) is 17.4 Å². The van der Waals surface area contributed by atoms with E-state index in [4.69, 9.17) is 10.00 Å². The van der Waals surface area contributed by atoms with Crippen molar-refractivity contribution in [3.05, 3.63) is 48.0 Å². The first kappa shape index (κ1) is 25.5. The average molecular weight is 485 g/mol. The van der Waals surface area contributed by atoms with E-state index in [1.807, 2.05) is 13.8 Å². The molecule has 0 aromatic heterocycles. The molecule has 0 unspecified atom stereocenters. The molecule has 1 heterocycles. The molecule has 34 heavy (non-hydrogen) atoms. The van der Waals surface area contributed by atoms with E-state index in [0.29, 0.717) is 44.0 Å². The molecule has 1 aliphatic heterocycles. The van der Waals surface area contributed by atoms with Crippen molar-refractivity contribution in [2.24, 2.45) is 0 Å². The molecule has 1 N–H and O–H groups in total. The van der Waals surface area contributed by atoms with Crippen LogP contribution in [0.5, 0.6) is 5.75 Å². The minimum absolute atomic E-state index is 0.176. The molecule has 2 aromatic carbocycles. The quantitative estimate of drug-likeness (QED) is 0.550. The number of ether oxygens (including phenoxy) is 1. The number of carbonyl (C=O) groups excluding carboxylic acids is 1. The van der Waals surface area contributed by atoms with Crippen molar-refractivity contribution in [1.29, 1.82) is 5.26 Å². The van der Waals surface area contributed by atoms with Crippen molar-refractivity contribution < 1.29 is 17.9 Å². The van der Waals surface area contributed by atoms with Crippen molar-refractivity contribution in [1.82, 2.24) is 4.31 Å². The molecule has 8 nitrogen and oxygen atoms in total. The van der Waals surface area contributed by atoms with Gasteiger partial charge in [-0.2, -0.15) is 9.57 Å². The Balaban J connectivity index is 1.78. The lowest BCUT2D eigenvalue weighted by molar-refractivity contribution is -0.118. The van der Waals surface area contributed by atoms with E-state index in [1.54, 1.807) is 42.5 Å². The molecule has 2 aromatic rings. The molecule has 3 rings (SSSR count). The number of rotatable bonds is 10. The van der Waals surface area contributed by atoms with Gasteiger partial charge in [0.1, 0.15) is 5.75 Å². The number of hydrogen-bond acceptors (Lipinski definition) is 6. The summed E-state index contributed by atoms with van der Waals surface area (Å²) in [6.45, 7) is 6.25. The van der Waals surface area contributed by atoms with Gasteiger partial charge in [0.05, 0.1) is 28.8 Å². The number of sulfonamides is 1. The van der Waals surface area contributed by atoms with Crippen LogP contribution in [-0.4, -0.2) is 51.4 Å². The zero-order chi connectivity index (χ0) is 24.6. The van der Waals surface area contributed by atoms with Gasteiger partial charge < -0.3 is 15.0 Å². The van der Waals surface area contributed by atoms with Crippen molar-refractivity contribution >= 4 is 27.3 Å². The van der Waals surface area contributed by atoms with Crippen LogP contribution in [0.4, 0.5) is 11.4 Å². The predicted molar refractivity (Wildman–Crippen MR) is 132 cm³/mol. The number of nitriles is 1. The molecule has 0 radical (unpaired) electrons. The maximum Gasteiger partial charge on any atom is 0.262 e. The maximum absolute atomic E-state index is 13.2. The van der Waals surface area contributed by atoms with Crippen LogP contribution < -0.4 is 15.0 Å². The molecule has 1 aliphatic rings. The summed E-state index contributed by atoms with van der Waals surface area (Å²) in [6, 6.07) is 14.0. The van der Waals surface area contributed by atoms with Gasteiger partial charge in [-0.1, -0.05) is 18.6 Å². The van der Waals surface area contributed by atoms with Gasteiger partial charge in [0.15, 0.2) is 6.61 Å². The molecule has 1 fully saturated rings. The first-order valence-electron chi connectivity index (χ1n) is 11.7. The van der Waals surface area contributed by atoms with Gasteiger partial charge in [-0.15, -0.1) is 0 Å². The van der Waals surface area contributed by atoms with Gasteiger partial charge in [-0.05, 0) is 62.6 Å². The lowest BCUT2D eigenvalue weighted by atomic mass is 10.2. The second-order valence-electron chi connectivity index (χ2n) is 8.13. The largest absolute Gasteiger partial charge is 0.484 e. The summed E-state index contributed by atoms with van der Waals surface area (Å²) in [6.07, 6.45) is 3.06. The highest BCUT2D eigenvalue weighted by atomic mass is 32.2. The van der Waals surface area contributed by atoms with Crippen molar-refractivity contribution in [2.75, 3.05) is 43.0 Å². The van der Waals surface area contributed by atoms with Crippen LogP contribution in [0.25, 0.3) is 0 Å². The van der Waals surface area contributed by atoms with Gasteiger partial charge in [-0.25, -0.2) is 8.42 Å². The second-order valence-corrected chi connectivity index (χ2v) is 10.1. The zero-order valence-corrected chi connectivity index (χ0v) is 20.6. The lowest BCUT2D eigenvalue weighted by Crippen LogP contribution is -2.35. The third-order valence-corrected chi connectivity index (χ3v) is 7.77.